The zero-order chi connectivity index (χ0) is 15.1. The van der Waals surface area contributed by atoms with Crippen LogP contribution in [0.4, 0.5) is 0 Å². The van der Waals surface area contributed by atoms with E-state index in [2.05, 4.69) is 11.8 Å². The second-order valence-corrected chi connectivity index (χ2v) is 6.61. The van der Waals surface area contributed by atoms with Crippen LogP contribution in [0.3, 0.4) is 0 Å². The molecule has 2 heterocycles. The Bertz CT molecular complexity index is 562. The number of carboxylic acid groups (broad SMARTS) is 1. The van der Waals surface area contributed by atoms with Gasteiger partial charge in [-0.15, -0.1) is 0 Å². The van der Waals surface area contributed by atoms with Crippen LogP contribution in [0.5, 0.6) is 0 Å². The molecule has 0 spiro atoms. The standard InChI is InChI=1S/C16H20ClNO3/c1-9-14-6-5-10(7-15(9)19)18(14)8-12-11(16(20)21)3-2-4-13(12)17/h2-4,9-10,14-15,19H,5-8H2,1H3,(H,20,21). The number of carboxylic acids is 1. The number of aliphatic hydroxyl groups excluding tert-OH is 1. The zero-order valence-electron chi connectivity index (χ0n) is 12.0. The predicted molar refractivity (Wildman–Crippen MR) is 80.6 cm³/mol. The molecule has 0 radical (unpaired) electrons. The lowest BCUT2D eigenvalue weighted by molar-refractivity contribution is -0.0149. The molecule has 2 N–H and O–H groups in total. The number of rotatable bonds is 3. The number of halogens is 1. The van der Waals surface area contributed by atoms with E-state index >= 15 is 0 Å². The van der Waals surface area contributed by atoms with Gasteiger partial charge in [0.25, 0.3) is 0 Å². The first-order valence-electron chi connectivity index (χ1n) is 7.43. The van der Waals surface area contributed by atoms with Gasteiger partial charge in [-0.1, -0.05) is 24.6 Å². The second kappa shape index (κ2) is 5.59. The van der Waals surface area contributed by atoms with Crippen molar-refractivity contribution in [3.8, 4) is 0 Å². The van der Waals surface area contributed by atoms with Gasteiger partial charge in [-0.2, -0.15) is 0 Å². The fraction of sp³-hybridized carbons (Fsp3) is 0.562. The Morgan fingerprint density at radius 1 is 1.43 bits per heavy atom. The number of fused-ring (bicyclic) bond motifs is 2. The lowest BCUT2D eigenvalue weighted by atomic mass is 9.88. The van der Waals surface area contributed by atoms with Crippen LogP contribution >= 0.6 is 11.6 Å². The molecule has 4 atom stereocenters. The molecule has 1 aromatic rings. The fourth-order valence-electron chi connectivity index (χ4n) is 3.88. The predicted octanol–water partition coefficient (Wildman–Crippen LogP) is 2.77. The molecule has 0 saturated carbocycles. The monoisotopic (exact) mass is 309 g/mol. The van der Waals surface area contributed by atoms with Crippen molar-refractivity contribution in [2.24, 2.45) is 5.92 Å². The quantitative estimate of drug-likeness (QED) is 0.901. The molecule has 5 heteroatoms. The third-order valence-corrected chi connectivity index (χ3v) is 5.46. The van der Waals surface area contributed by atoms with E-state index in [4.69, 9.17) is 11.6 Å². The first-order chi connectivity index (χ1) is 9.99. The number of aliphatic hydroxyl groups is 1. The average Bonchev–Trinajstić information content (AvgIpc) is 2.75. The van der Waals surface area contributed by atoms with E-state index in [-0.39, 0.29) is 17.6 Å². The molecule has 21 heavy (non-hydrogen) atoms. The van der Waals surface area contributed by atoms with Crippen molar-refractivity contribution in [1.29, 1.82) is 0 Å². The number of hydrogen-bond acceptors (Lipinski definition) is 3. The van der Waals surface area contributed by atoms with Gasteiger partial charge in [-0.05, 0) is 42.9 Å². The van der Waals surface area contributed by atoms with Crippen LogP contribution in [0.25, 0.3) is 0 Å². The van der Waals surface area contributed by atoms with Crippen LogP contribution in [-0.4, -0.2) is 39.3 Å². The van der Waals surface area contributed by atoms with Crippen molar-refractivity contribution in [3.63, 3.8) is 0 Å². The van der Waals surface area contributed by atoms with E-state index in [0.717, 1.165) is 19.3 Å². The normalized spacial score (nSPS) is 32.3. The van der Waals surface area contributed by atoms with Crippen LogP contribution in [0.15, 0.2) is 18.2 Å². The average molecular weight is 310 g/mol. The fourth-order valence-corrected chi connectivity index (χ4v) is 4.12. The highest BCUT2D eigenvalue weighted by Gasteiger charge is 2.44. The minimum Gasteiger partial charge on any atom is -0.478 e. The molecule has 2 bridgehead atoms. The number of benzene rings is 1. The van der Waals surface area contributed by atoms with Crippen molar-refractivity contribution >= 4 is 17.6 Å². The highest BCUT2D eigenvalue weighted by atomic mass is 35.5. The minimum atomic E-state index is -0.940. The second-order valence-electron chi connectivity index (χ2n) is 6.20. The molecular weight excluding hydrogens is 290 g/mol. The first-order valence-corrected chi connectivity index (χ1v) is 7.81. The van der Waals surface area contributed by atoms with Crippen molar-refractivity contribution < 1.29 is 15.0 Å². The smallest absolute Gasteiger partial charge is 0.336 e. The Morgan fingerprint density at radius 2 is 2.19 bits per heavy atom. The van der Waals surface area contributed by atoms with Crippen LogP contribution < -0.4 is 0 Å². The molecule has 4 unspecified atom stereocenters. The zero-order valence-corrected chi connectivity index (χ0v) is 12.8. The largest absolute Gasteiger partial charge is 0.478 e. The van der Waals surface area contributed by atoms with Gasteiger partial charge >= 0.3 is 5.97 Å². The number of carbonyl (C=O) groups is 1. The first kappa shape index (κ1) is 14.8. The Morgan fingerprint density at radius 3 is 2.90 bits per heavy atom. The van der Waals surface area contributed by atoms with Crippen LogP contribution in [0.1, 0.15) is 42.1 Å². The van der Waals surface area contributed by atoms with Gasteiger partial charge < -0.3 is 10.2 Å². The van der Waals surface area contributed by atoms with E-state index in [9.17, 15) is 15.0 Å². The Kier molecular flexibility index (Phi) is 3.95. The molecule has 0 amide bonds. The van der Waals surface area contributed by atoms with Crippen LogP contribution in [-0.2, 0) is 6.54 Å². The number of nitrogens with zero attached hydrogens (tertiary/aromatic N) is 1. The third kappa shape index (κ3) is 2.56. The summed E-state index contributed by atoms with van der Waals surface area (Å²) in [5, 5.41) is 19.9. The van der Waals surface area contributed by atoms with E-state index in [1.54, 1.807) is 18.2 Å². The van der Waals surface area contributed by atoms with Gasteiger partial charge in [0.2, 0.25) is 0 Å². The maximum atomic E-state index is 11.4. The van der Waals surface area contributed by atoms with Crippen LogP contribution in [0.2, 0.25) is 5.02 Å². The van der Waals surface area contributed by atoms with Crippen molar-refractivity contribution in [2.45, 2.75) is 50.9 Å². The van der Waals surface area contributed by atoms with Crippen molar-refractivity contribution in [2.75, 3.05) is 0 Å². The summed E-state index contributed by atoms with van der Waals surface area (Å²) >= 11 is 6.23. The van der Waals surface area contributed by atoms with E-state index in [1.807, 2.05) is 0 Å². The topological polar surface area (TPSA) is 60.8 Å². The third-order valence-electron chi connectivity index (χ3n) is 5.11. The highest BCUT2D eigenvalue weighted by Crippen LogP contribution is 2.40. The lowest BCUT2D eigenvalue weighted by Crippen LogP contribution is -2.49. The lowest BCUT2D eigenvalue weighted by Gasteiger charge is -2.41. The number of hydrogen-bond donors (Lipinski definition) is 2. The molecule has 2 saturated heterocycles. The highest BCUT2D eigenvalue weighted by molar-refractivity contribution is 6.31. The molecule has 114 valence electrons. The summed E-state index contributed by atoms with van der Waals surface area (Å²) in [6, 6.07) is 5.67. The van der Waals surface area contributed by atoms with Gasteiger partial charge in [0.1, 0.15) is 0 Å². The molecule has 4 nitrogen and oxygen atoms in total. The molecule has 0 aliphatic carbocycles. The Balaban J connectivity index is 1.90. The van der Waals surface area contributed by atoms with Gasteiger partial charge in [0, 0.05) is 23.7 Å². The van der Waals surface area contributed by atoms with E-state index < -0.39 is 5.97 Å². The Hall–Kier alpha value is -1.10. The summed E-state index contributed by atoms with van der Waals surface area (Å²) in [6.07, 6.45) is 2.66. The van der Waals surface area contributed by atoms with Crippen molar-refractivity contribution in [3.05, 3.63) is 34.3 Å². The number of piperidine rings is 1. The Labute approximate surface area is 129 Å². The molecule has 2 fully saturated rings. The van der Waals surface area contributed by atoms with Crippen molar-refractivity contribution in [1.82, 2.24) is 4.90 Å². The van der Waals surface area contributed by atoms with Gasteiger partial charge in [0.15, 0.2) is 0 Å². The molecule has 3 rings (SSSR count). The molecule has 0 aromatic heterocycles. The molecular formula is C16H20ClNO3. The maximum Gasteiger partial charge on any atom is 0.336 e. The molecule has 1 aromatic carbocycles. The van der Waals surface area contributed by atoms with Gasteiger partial charge in [-0.3, -0.25) is 4.90 Å². The SMILES string of the molecule is CC1C(O)CC2CCC1N2Cc1c(Cl)cccc1C(=O)O. The van der Waals surface area contributed by atoms with E-state index in [0.29, 0.717) is 29.2 Å². The summed E-state index contributed by atoms with van der Waals surface area (Å²) in [5.74, 6) is -0.718. The van der Waals surface area contributed by atoms with E-state index in [1.165, 1.54) is 0 Å². The van der Waals surface area contributed by atoms with Crippen LogP contribution in [0, 0.1) is 5.92 Å². The summed E-state index contributed by atoms with van der Waals surface area (Å²) in [6.45, 7) is 2.63. The summed E-state index contributed by atoms with van der Waals surface area (Å²) in [4.78, 5) is 13.7. The van der Waals surface area contributed by atoms with Gasteiger partial charge in [0.05, 0.1) is 11.7 Å². The summed E-state index contributed by atoms with van der Waals surface area (Å²) < 4.78 is 0. The maximum absolute atomic E-state index is 11.4. The summed E-state index contributed by atoms with van der Waals surface area (Å²) in [5.41, 5.74) is 0.966. The molecule has 2 aliphatic heterocycles. The van der Waals surface area contributed by atoms with Gasteiger partial charge in [-0.25, -0.2) is 4.79 Å². The molecule has 2 aliphatic rings. The summed E-state index contributed by atoms with van der Waals surface area (Å²) in [7, 11) is 0. The number of aromatic carboxylic acids is 1. The minimum absolute atomic E-state index is 0.222.